The summed E-state index contributed by atoms with van der Waals surface area (Å²) in [5.74, 6) is 0. The zero-order valence-corrected chi connectivity index (χ0v) is 15.7. The van der Waals surface area contributed by atoms with Crippen molar-refractivity contribution in [1.29, 1.82) is 0 Å². The second-order valence-electron chi connectivity index (χ2n) is 5.32. The molecule has 1 N–H and O–H groups in total. The first-order chi connectivity index (χ1) is 10.1. The number of aryl methyl sites for hydroxylation is 2. The zero-order chi connectivity index (χ0) is 15.8. The van der Waals surface area contributed by atoms with Crippen molar-refractivity contribution >= 4 is 15.9 Å². The van der Waals surface area contributed by atoms with Gasteiger partial charge in [0.2, 0.25) is 0 Å². The Bertz CT molecular complexity index is 416. The number of methoxy groups -OCH3 is 1. The number of ether oxygens (including phenoxy) is 1. The summed E-state index contributed by atoms with van der Waals surface area (Å²) in [6.07, 6.45) is 4.26. The normalized spacial score (nSPS) is 14.4. The number of hydrogen-bond donors (Lipinski definition) is 1. The highest BCUT2D eigenvalue weighted by molar-refractivity contribution is 9.10. The number of hydrogen-bond acceptors (Lipinski definition) is 3. The van der Waals surface area contributed by atoms with Crippen LogP contribution in [0.2, 0.25) is 0 Å². The highest BCUT2D eigenvalue weighted by Crippen LogP contribution is 2.24. The molecule has 2 unspecified atom stereocenters. The van der Waals surface area contributed by atoms with E-state index in [0.29, 0.717) is 6.04 Å². The van der Waals surface area contributed by atoms with Gasteiger partial charge in [0, 0.05) is 26.1 Å². The van der Waals surface area contributed by atoms with Crippen LogP contribution in [0.5, 0.6) is 0 Å². The zero-order valence-electron chi connectivity index (χ0n) is 14.1. The lowest BCUT2D eigenvalue weighted by molar-refractivity contribution is 0.0646. The van der Waals surface area contributed by atoms with Gasteiger partial charge in [-0.25, -0.2) is 0 Å². The third-order valence-electron chi connectivity index (χ3n) is 3.92. The maximum Gasteiger partial charge on any atom is 0.0766 e. The lowest BCUT2D eigenvalue weighted by Gasteiger charge is -2.26. The third-order valence-corrected chi connectivity index (χ3v) is 4.83. The predicted octanol–water partition coefficient (Wildman–Crippen LogP) is 3.56. The molecule has 0 amide bonds. The van der Waals surface area contributed by atoms with Crippen LogP contribution in [-0.4, -0.2) is 35.6 Å². The summed E-state index contributed by atoms with van der Waals surface area (Å²) in [6, 6.07) is 0.322. The number of nitrogens with zero attached hydrogens (tertiary/aromatic N) is 2. The number of halogens is 1. The molecule has 4 nitrogen and oxygen atoms in total. The van der Waals surface area contributed by atoms with Crippen molar-refractivity contribution in [2.24, 2.45) is 0 Å². The van der Waals surface area contributed by atoms with E-state index in [4.69, 9.17) is 9.84 Å². The fraction of sp³-hybridized carbons (Fsp3) is 0.812. The summed E-state index contributed by atoms with van der Waals surface area (Å²) >= 11 is 3.74. The van der Waals surface area contributed by atoms with Crippen LogP contribution in [0.25, 0.3) is 0 Å². The van der Waals surface area contributed by atoms with Gasteiger partial charge < -0.3 is 10.1 Å². The Morgan fingerprint density at radius 2 is 2.00 bits per heavy atom. The Hall–Kier alpha value is -0.390. The molecule has 1 rings (SSSR count). The molecular formula is C16H30BrN3O. The summed E-state index contributed by atoms with van der Waals surface area (Å²) in [6.45, 7) is 10.6. The van der Waals surface area contributed by atoms with Gasteiger partial charge in [0.1, 0.15) is 0 Å². The van der Waals surface area contributed by atoms with Crippen LogP contribution in [0.15, 0.2) is 4.47 Å². The average Bonchev–Trinajstić information content (AvgIpc) is 2.81. The van der Waals surface area contributed by atoms with Crippen molar-refractivity contribution < 1.29 is 4.74 Å². The van der Waals surface area contributed by atoms with Crippen molar-refractivity contribution in [3.63, 3.8) is 0 Å². The molecule has 5 heteroatoms. The molecule has 0 saturated carbocycles. The van der Waals surface area contributed by atoms with Crippen LogP contribution in [0, 0.1) is 0 Å². The summed E-state index contributed by atoms with van der Waals surface area (Å²) in [4.78, 5) is 0. The van der Waals surface area contributed by atoms with E-state index in [1.807, 2.05) is 0 Å². The van der Waals surface area contributed by atoms with E-state index in [-0.39, 0.29) is 6.10 Å². The highest BCUT2D eigenvalue weighted by atomic mass is 79.9. The largest absolute Gasteiger partial charge is 0.380 e. The van der Waals surface area contributed by atoms with Gasteiger partial charge >= 0.3 is 0 Å². The maximum atomic E-state index is 5.67. The Kier molecular flexibility index (Phi) is 8.52. The monoisotopic (exact) mass is 359 g/mol. The molecule has 0 aliphatic rings. The Morgan fingerprint density at radius 3 is 2.48 bits per heavy atom. The Balaban J connectivity index is 2.98. The van der Waals surface area contributed by atoms with Crippen LogP contribution in [0.3, 0.4) is 0 Å². The molecule has 0 fully saturated rings. The van der Waals surface area contributed by atoms with Crippen LogP contribution in [-0.2, 0) is 24.1 Å². The first-order valence-electron chi connectivity index (χ1n) is 8.12. The quantitative estimate of drug-likeness (QED) is 0.693. The third kappa shape index (κ3) is 4.80. The number of rotatable bonds is 10. The van der Waals surface area contributed by atoms with Crippen molar-refractivity contribution in [2.45, 2.75) is 72.1 Å². The fourth-order valence-electron chi connectivity index (χ4n) is 2.70. The molecule has 0 bridgehead atoms. The fourth-order valence-corrected chi connectivity index (χ4v) is 3.43. The van der Waals surface area contributed by atoms with Gasteiger partial charge in [0.15, 0.2) is 0 Å². The van der Waals surface area contributed by atoms with Gasteiger partial charge in [0.05, 0.1) is 22.0 Å². The molecule has 21 heavy (non-hydrogen) atoms. The van der Waals surface area contributed by atoms with E-state index in [2.05, 4.69) is 53.6 Å². The van der Waals surface area contributed by atoms with Gasteiger partial charge in [0.25, 0.3) is 0 Å². The average molecular weight is 360 g/mol. The molecule has 1 heterocycles. The van der Waals surface area contributed by atoms with Gasteiger partial charge in [-0.2, -0.15) is 5.10 Å². The first-order valence-corrected chi connectivity index (χ1v) is 8.92. The molecule has 122 valence electrons. The molecule has 0 aliphatic carbocycles. The van der Waals surface area contributed by atoms with Crippen LogP contribution in [0.4, 0.5) is 0 Å². The molecule has 1 aromatic rings. The second-order valence-corrected chi connectivity index (χ2v) is 6.12. The summed E-state index contributed by atoms with van der Waals surface area (Å²) in [7, 11) is 1.80. The minimum Gasteiger partial charge on any atom is -0.380 e. The minimum atomic E-state index is 0.230. The van der Waals surface area contributed by atoms with E-state index in [1.165, 1.54) is 10.2 Å². The van der Waals surface area contributed by atoms with E-state index in [9.17, 15) is 0 Å². The predicted molar refractivity (Wildman–Crippen MR) is 91.9 cm³/mol. The van der Waals surface area contributed by atoms with Gasteiger partial charge in [-0.3, -0.25) is 4.68 Å². The second kappa shape index (κ2) is 9.59. The van der Waals surface area contributed by atoms with E-state index in [1.54, 1.807) is 7.11 Å². The highest BCUT2D eigenvalue weighted by Gasteiger charge is 2.23. The van der Waals surface area contributed by atoms with Crippen LogP contribution in [0.1, 0.15) is 51.9 Å². The molecule has 0 radical (unpaired) electrons. The number of nitrogens with one attached hydrogen (secondary N) is 1. The summed E-state index contributed by atoms with van der Waals surface area (Å²) in [5, 5.41) is 8.33. The van der Waals surface area contributed by atoms with Gasteiger partial charge in [-0.05, 0) is 48.7 Å². The van der Waals surface area contributed by atoms with Crippen LogP contribution >= 0.6 is 15.9 Å². The van der Waals surface area contributed by atoms with Crippen molar-refractivity contribution in [2.75, 3.05) is 13.7 Å². The molecule has 1 aromatic heterocycles. The summed E-state index contributed by atoms with van der Waals surface area (Å²) in [5.41, 5.74) is 2.42. The molecular weight excluding hydrogens is 330 g/mol. The summed E-state index contributed by atoms with van der Waals surface area (Å²) < 4.78 is 8.95. The molecule has 0 aliphatic heterocycles. The van der Waals surface area contributed by atoms with E-state index < -0.39 is 0 Å². The van der Waals surface area contributed by atoms with Gasteiger partial charge in [-0.15, -0.1) is 0 Å². The lowest BCUT2D eigenvalue weighted by atomic mass is 10.0. The molecule has 0 aromatic carbocycles. The van der Waals surface area contributed by atoms with Gasteiger partial charge in [-0.1, -0.05) is 20.8 Å². The van der Waals surface area contributed by atoms with E-state index in [0.717, 1.165) is 44.5 Å². The van der Waals surface area contributed by atoms with Crippen molar-refractivity contribution in [3.05, 3.63) is 15.9 Å². The maximum absolute atomic E-state index is 5.67. The molecule has 0 saturated heterocycles. The van der Waals surface area contributed by atoms with Crippen LogP contribution < -0.4 is 5.32 Å². The Labute approximate surface area is 137 Å². The van der Waals surface area contributed by atoms with E-state index >= 15 is 0 Å². The molecule has 2 atom stereocenters. The standard InChI is InChI=1S/C16H30BrN3O/c1-6-10-18-13(15(8-3)21-5)11-14-16(17)12(7-2)19-20(14)9-4/h13,15,18H,6-11H2,1-5H3. The Morgan fingerprint density at radius 1 is 1.29 bits per heavy atom. The van der Waals surface area contributed by atoms with Crippen molar-refractivity contribution in [1.82, 2.24) is 15.1 Å². The van der Waals surface area contributed by atoms with Crippen molar-refractivity contribution in [3.8, 4) is 0 Å². The SMILES string of the molecule is CCCNC(Cc1c(Br)c(CC)nn1CC)C(CC)OC. The number of aromatic nitrogens is 2. The smallest absolute Gasteiger partial charge is 0.0766 e. The minimum absolute atomic E-state index is 0.230. The topological polar surface area (TPSA) is 39.1 Å². The first kappa shape index (κ1) is 18.7. The lowest BCUT2D eigenvalue weighted by Crippen LogP contribution is -2.43. The molecule has 0 spiro atoms.